The van der Waals surface area contributed by atoms with Crippen molar-refractivity contribution < 1.29 is 17.6 Å². The number of carbonyl (C=O) groups is 1. The minimum absolute atomic E-state index is 0.0727. The van der Waals surface area contributed by atoms with Crippen LogP contribution in [-0.2, 0) is 14.8 Å². The second-order valence-electron chi connectivity index (χ2n) is 8.17. The second kappa shape index (κ2) is 9.54. The fourth-order valence-electron chi connectivity index (χ4n) is 4.03. The molecule has 5 rings (SSSR count). The number of benzene rings is 2. The number of amides is 1. The average Bonchev–Trinajstić information content (AvgIpc) is 3.32. The van der Waals surface area contributed by atoms with E-state index in [0.717, 1.165) is 5.39 Å². The highest BCUT2D eigenvalue weighted by Gasteiger charge is 2.33. The monoisotopic (exact) mass is 529 g/mol. The van der Waals surface area contributed by atoms with Crippen LogP contribution in [0, 0.1) is 5.92 Å². The smallest absolute Gasteiger partial charge is 0.345 e. The molecule has 0 radical (unpaired) electrons. The Morgan fingerprint density at radius 3 is 2.74 bits per heavy atom. The molecule has 0 aliphatic carbocycles. The van der Waals surface area contributed by atoms with Crippen molar-refractivity contribution in [3.8, 4) is 11.3 Å². The Morgan fingerprint density at radius 2 is 1.94 bits per heavy atom. The lowest BCUT2D eigenvalue weighted by Crippen LogP contribution is -2.43. The van der Waals surface area contributed by atoms with Crippen LogP contribution in [0.15, 0.2) is 74.1 Å². The van der Waals surface area contributed by atoms with E-state index in [1.165, 1.54) is 39.9 Å². The Labute approximate surface area is 210 Å². The minimum atomic E-state index is -3.74. The molecule has 8 nitrogen and oxygen atoms in total. The Kier molecular flexibility index (Phi) is 6.45. The van der Waals surface area contributed by atoms with Crippen LogP contribution in [-0.4, -0.2) is 36.7 Å². The van der Waals surface area contributed by atoms with E-state index in [-0.39, 0.29) is 17.3 Å². The zero-order valence-electron chi connectivity index (χ0n) is 18.3. The molecule has 1 aliphatic heterocycles. The first-order chi connectivity index (χ1) is 16.8. The van der Waals surface area contributed by atoms with Gasteiger partial charge in [0.2, 0.25) is 15.9 Å². The Balaban J connectivity index is 1.30. The lowest BCUT2D eigenvalue weighted by atomic mass is 9.99. The molecular weight excluding hydrogens is 510 g/mol. The van der Waals surface area contributed by atoms with Gasteiger partial charge in [0, 0.05) is 28.9 Å². The van der Waals surface area contributed by atoms with Crippen molar-refractivity contribution in [2.24, 2.45) is 5.92 Å². The van der Waals surface area contributed by atoms with E-state index < -0.39 is 21.6 Å². The van der Waals surface area contributed by atoms with Gasteiger partial charge in [0.15, 0.2) is 5.13 Å². The maximum atomic E-state index is 13.0. The predicted octanol–water partition coefficient (Wildman–Crippen LogP) is 4.61. The molecule has 1 atom stereocenters. The average molecular weight is 530 g/mol. The number of hydrogen-bond acceptors (Lipinski definition) is 7. The van der Waals surface area contributed by atoms with Gasteiger partial charge >= 0.3 is 5.63 Å². The number of halogens is 1. The van der Waals surface area contributed by atoms with Crippen LogP contribution in [0.2, 0.25) is 5.02 Å². The van der Waals surface area contributed by atoms with E-state index in [4.69, 9.17) is 16.0 Å². The molecule has 0 bridgehead atoms. The van der Waals surface area contributed by atoms with Gasteiger partial charge in [-0.2, -0.15) is 4.31 Å². The number of thiazole rings is 1. The van der Waals surface area contributed by atoms with Gasteiger partial charge in [-0.1, -0.05) is 29.8 Å². The van der Waals surface area contributed by atoms with Crippen LogP contribution in [0.5, 0.6) is 0 Å². The molecule has 1 saturated heterocycles. The number of sulfonamides is 1. The summed E-state index contributed by atoms with van der Waals surface area (Å²) in [6.45, 7) is 0.414. The molecule has 0 saturated carbocycles. The molecule has 1 aliphatic rings. The third-order valence-corrected chi connectivity index (χ3v) is 8.75. The summed E-state index contributed by atoms with van der Waals surface area (Å²) in [6.07, 6.45) is 1.12. The summed E-state index contributed by atoms with van der Waals surface area (Å²) in [5.74, 6) is -0.837. The van der Waals surface area contributed by atoms with Crippen molar-refractivity contribution in [3.05, 3.63) is 75.4 Å². The summed E-state index contributed by atoms with van der Waals surface area (Å²) in [5, 5.41) is 6.00. The summed E-state index contributed by atoms with van der Waals surface area (Å²) in [7, 11) is -3.74. The fraction of sp³-hybridized carbons (Fsp3) is 0.208. The summed E-state index contributed by atoms with van der Waals surface area (Å²) in [5.41, 5.74) is 0.682. The fourth-order valence-corrected chi connectivity index (χ4v) is 6.40. The molecule has 1 unspecified atom stereocenters. The van der Waals surface area contributed by atoms with Crippen LogP contribution < -0.4 is 10.9 Å². The van der Waals surface area contributed by atoms with Gasteiger partial charge in [-0.3, -0.25) is 4.79 Å². The number of piperidine rings is 1. The number of hydrogen-bond donors (Lipinski definition) is 1. The quantitative estimate of drug-likeness (QED) is 0.378. The van der Waals surface area contributed by atoms with E-state index >= 15 is 0 Å². The van der Waals surface area contributed by atoms with Crippen molar-refractivity contribution in [2.45, 2.75) is 17.7 Å². The first-order valence-electron chi connectivity index (χ1n) is 10.9. The molecule has 180 valence electrons. The Hall–Kier alpha value is -3.05. The number of aromatic nitrogens is 1. The number of nitrogens with one attached hydrogen (secondary N) is 1. The van der Waals surface area contributed by atoms with Crippen LogP contribution in [0.3, 0.4) is 0 Å². The Bertz CT molecular complexity index is 1560. The molecule has 1 N–H and O–H groups in total. The van der Waals surface area contributed by atoms with Gasteiger partial charge in [0.05, 0.1) is 22.1 Å². The normalized spacial score (nSPS) is 16.9. The van der Waals surface area contributed by atoms with Gasteiger partial charge in [0.25, 0.3) is 0 Å². The van der Waals surface area contributed by atoms with Gasteiger partial charge in [0.1, 0.15) is 5.58 Å². The van der Waals surface area contributed by atoms with Crippen LogP contribution in [0.25, 0.3) is 22.2 Å². The Morgan fingerprint density at radius 1 is 1.17 bits per heavy atom. The van der Waals surface area contributed by atoms with E-state index in [0.29, 0.717) is 46.4 Å². The largest absolute Gasteiger partial charge is 0.422 e. The number of para-hydroxylation sites is 1. The highest BCUT2D eigenvalue weighted by atomic mass is 35.5. The van der Waals surface area contributed by atoms with Gasteiger partial charge in [-0.05, 0) is 49.2 Å². The zero-order valence-corrected chi connectivity index (χ0v) is 20.7. The first kappa shape index (κ1) is 23.7. The van der Waals surface area contributed by atoms with E-state index in [2.05, 4.69) is 10.3 Å². The minimum Gasteiger partial charge on any atom is -0.422 e. The molecule has 2 aromatic heterocycles. The van der Waals surface area contributed by atoms with Gasteiger partial charge < -0.3 is 9.73 Å². The maximum absolute atomic E-state index is 13.0. The number of nitrogens with zero attached hydrogens (tertiary/aromatic N) is 2. The molecule has 3 heterocycles. The molecule has 11 heteroatoms. The molecule has 2 aromatic carbocycles. The number of carbonyl (C=O) groups excluding carboxylic acids is 1. The molecular formula is C24H20ClN3O5S2. The van der Waals surface area contributed by atoms with Crippen molar-refractivity contribution >= 4 is 55.0 Å². The van der Waals surface area contributed by atoms with Crippen molar-refractivity contribution in [1.29, 1.82) is 0 Å². The number of fused-ring (bicyclic) bond motifs is 1. The first-order valence-corrected chi connectivity index (χ1v) is 13.6. The molecule has 35 heavy (non-hydrogen) atoms. The molecule has 1 fully saturated rings. The highest BCUT2D eigenvalue weighted by Crippen LogP contribution is 2.28. The van der Waals surface area contributed by atoms with Crippen LogP contribution in [0.4, 0.5) is 5.13 Å². The summed E-state index contributed by atoms with van der Waals surface area (Å²) < 4.78 is 32.7. The molecule has 0 spiro atoms. The summed E-state index contributed by atoms with van der Waals surface area (Å²) in [4.78, 5) is 29.9. The molecule has 4 aromatic rings. The van der Waals surface area contributed by atoms with Crippen molar-refractivity contribution in [3.63, 3.8) is 0 Å². The van der Waals surface area contributed by atoms with E-state index in [9.17, 15) is 18.0 Å². The van der Waals surface area contributed by atoms with E-state index in [1.807, 2.05) is 12.1 Å². The van der Waals surface area contributed by atoms with Gasteiger partial charge in [-0.15, -0.1) is 11.3 Å². The second-order valence-corrected chi connectivity index (χ2v) is 11.4. The zero-order chi connectivity index (χ0) is 24.6. The third-order valence-electron chi connectivity index (χ3n) is 5.86. The SMILES string of the molecule is O=C(Nc1nc(-c2cc3ccccc3oc2=O)cs1)C1CCCN(S(=O)(=O)c2ccc(Cl)cc2)C1. The van der Waals surface area contributed by atoms with Crippen molar-refractivity contribution in [1.82, 2.24) is 9.29 Å². The predicted molar refractivity (Wildman–Crippen MR) is 135 cm³/mol. The van der Waals surface area contributed by atoms with Crippen molar-refractivity contribution in [2.75, 3.05) is 18.4 Å². The molecule has 1 amide bonds. The van der Waals surface area contributed by atoms with Gasteiger partial charge in [-0.25, -0.2) is 18.2 Å². The highest BCUT2D eigenvalue weighted by molar-refractivity contribution is 7.89. The third kappa shape index (κ3) is 4.87. The van der Waals surface area contributed by atoms with E-state index in [1.54, 1.807) is 23.6 Å². The summed E-state index contributed by atoms with van der Waals surface area (Å²) >= 11 is 7.06. The summed E-state index contributed by atoms with van der Waals surface area (Å²) in [6, 6.07) is 14.9. The lowest BCUT2D eigenvalue weighted by Gasteiger charge is -2.31. The topological polar surface area (TPSA) is 110 Å². The number of anilines is 1. The van der Waals surface area contributed by atoms with Crippen LogP contribution >= 0.6 is 22.9 Å². The van der Waals surface area contributed by atoms with Crippen LogP contribution in [0.1, 0.15) is 12.8 Å². The lowest BCUT2D eigenvalue weighted by molar-refractivity contribution is -0.120. The number of rotatable bonds is 5. The standard InChI is InChI=1S/C24H20ClN3O5S2/c25-17-7-9-18(10-8-17)35(31,32)28-11-3-5-16(13-28)22(29)27-24-26-20(14-34-24)19-12-15-4-1-2-6-21(15)33-23(19)30/h1-2,4,6-10,12,14,16H,3,5,11,13H2,(H,26,27,29). The maximum Gasteiger partial charge on any atom is 0.345 e.